The normalized spacial score (nSPS) is 15.5. The summed E-state index contributed by atoms with van der Waals surface area (Å²) in [5.41, 5.74) is 23.1. The van der Waals surface area contributed by atoms with Crippen LogP contribution in [-0.4, -0.2) is 21.0 Å². The van der Waals surface area contributed by atoms with Crippen molar-refractivity contribution in [2.24, 2.45) is 0 Å². The Morgan fingerprint density at radius 1 is 0.329 bits per heavy atom. The maximum Gasteiger partial charge on any atom is 0.234 e. The Kier molecular flexibility index (Phi) is 11.0. The molecule has 14 rings (SSSR count). The molecule has 76 heavy (non-hydrogen) atoms. The fraction of sp³-hybridized carbons (Fsp3) is 0.0694. The van der Waals surface area contributed by atoms with Crippen molar-refractivity contribution in [1.82, 2.24) is 15.0 Å². The van der Waals surface area contributed by atoms with E-state index in [9.17, 15) is 0 Å². The maximum absolute atomic E-state index is 5.55. The zero-order chi connectivity index (χ0) is 50.7. The molecule has 0 saturated carbocycles. The zero-order valence-electron chi connectivity index (χ0n) is 42.3. The maximum atomic E-state index is 5.55. The van der Waals surface area contributed by atoms with Gasteiger partial charge in [-0.1, -0.05) is 220 Å². The Hall–Kier alpha value is -9.51. The third kappa shape index (κ3) is 7.98. The SMILES string of the molecule is CC1(C)c2ccccc2-c2cc3c(cc21)N(c1nc(-c2cccc(-c4cc(-c5ccccc5)cc(-c5ccccc5)c4)c2)nc(-c2cccc(-c4cc(-c5ccccc5)cc(-c5ccccc5)c4)c2)n1)C1C=CC=CC31. The van der Waals surface area contributed by atoms with Crippen molar-refractivity contribution in [3.8, 4) is 101 Å². The summed E-state index contributed by atoms with van der Waals surface area (Å²) in [6, 6.07) is 87.6. The van der Waals surface area contributed by atoms with Gasteiger partial charge in [0, 0.05) is 28.1 Å². The molecule has 1 aromatic heterocycles. The van der Waals surface area contributed by atoms with Crippen LogP contribution in [0.2, 0.25) is 0 Å². The van der Waals surface area contributed by atoms with Gasteiger partial charge in [0.2, 0.25) is 5.95 Å². The smallest absolute Gasteiger partial charge is 0.234 e. The minimum atomic E-state index is -0.182. The molecule has 11 aromatic rings. The minimum absolute atomic E-state index is 0.0316. The highest BCUT2D eigenvalue weighted by Gasteiger charge is 2.43. The van der Waals surface area contributed by atoms with E-state index in [1.54, 1.807) is 0 Å². The number of nitrogens with zero attached hydrogens (tertiary/aromatic N) is 4. The van der Waals surface area contributed by atoms with Crippen LogP contribution in [0.1, 0.15) is 36.5 Å². The van der Waals surface area contributed by atoms with Crippen molar-refractivity contribution < 1.29 is 0 Å². The second-order valence-corrected chi connectivity index (χ2v) is 20.8. The lowest BCUT2D eigenvalue weighted by Crippen LogP contribution is -2.30. The second-order valence-electron chi connectivity index (χ2n) is 20.8. The molecule has 0 bridgehead atoms. The van der Waals surface area contributed by atoms with E-state index < -0.39 is 0 Å². The van der Waals surface area contributed by atoms with Crippen LogP contribution in [0.4, 0.5) is 11.6 Å². The molecule has 4 heteroatoms. The van der Waals surface area contributed by atoms with Crippen LogP contribution < -0.4 is 4.90 Å². The van der Waals surface area contributed by atoms with Crippen molar-refractivity contribution in [3.63, 3.8) is 0 Å². The van der Waals surface area contributed by atoms with E-state index in [-0.39, 0.29) is 17.4 Å². The van der Waals surface area contributed by atoms with E-state index in [1.165, 1.54) is 50.1 Å². The Morgan fingerprint density at radius 3 is 1.21 bits per heavy atom. The lowest BCUT2D eigenvalue weighted by Gasteiger charge is -2.28. The molecule has 2 aliphatic carbocycles. The predicted octanol–water partition coefficient (Wildman–Crippen LogP) is 18.2. The lowest BCUT2D eigenvalue weighted by atomic mass is 9.81. The van der Waals surface area contributed by atoms with Gasteiger partial charge in [-0.2, -0.15) is 9.97 Å². The molecule has 0 amide bonds. The molecule has 0 saturated heterocycles. The summed E-state index contributed by atoms with van der Waals surface area (Å²) >= 11 is 0. The van der Waals surface area contributed by atoms with Crippen molar-refractivity contribution in [3.05, 3.63) is 284 Å². The number of allylic oxidation sites excluding steroid dienone is 2. The summed E-state index contributed by atoms with van der Waals surface area (Å²) in [6.07, 6.45) is 9.02. The van der Waals surface area contributed by atoms with Crippen LogP contribution in [-0.2, 0) is 5.41 Å². The average Bonchev–Trinajstić information content (AvgIpc) is 4.10. The number of hydrogen-bond acceptors (Lipinski definition) is 4. The van der Waals surface area contributed by atoms with E-state index >= 15 is 0 Å². The summed E-state index contributed by atoms with van der Waals surface area (Å²) in [7, 11) is 0. The van der Waals surface area contributed by atoms with Crippen LogP contribution in [0.5, 0.6) is 0 Å². The molecule has 3 aliphatic rings. The first-order valence-electron chi connectivity index (χ1n) is 26.3. The zero-order valence-corrected chi connectivity index (χ0v) is 42.3. The monoisotopic (exact) mass is 972 g/mol. The van der Waals surface area contributed by atoms with E-state index in [0.717, 1.165) is 61.3 Å². The van der Waals surface area contributed by atoms with Gasteiger partial charge in [0.25, 0.3) is 0 Å². The molecule has 2 unspecified atom stereocenters. The minimum Gasteiger partial charge on any atom is -0.302 e. The van der Waals surface area contributed by atoms with E-state index in [0.29, 0.717) is 17.6 Å². The van der Waals surface area contributed by atoms with Crippen LogP contribution in [0.15, 0.2) is 267 Å². The first-order chi connectivity index (χ1) is 37.4. The van der Waals surface area contributed by atoms with E-state index in [4.69, 9.17) is 15.0 Å². The summed E-state index contributed by atoms with van der Waals surface area (Å²) in [5.74, 6) is 1.96. The highest BCUT2D eigenvalue weighted by Crippen LogP contribution is 2.55. The standard InChI is InChI=1S/C72H52N4/c1-72(2)65-35-17-15-33-61(65)63-45-64-62-34-16-18-36-67(62)76(68(64)46-66(63)72)71-74-69(53-31-19-29-51(37-53)59-41-55(47-21-7-3-8-22-47)39-56(42-59)48-23-9-4-10-24-48)73-70(75-71)54-32-20-30-52(38-54)60-43-57(49-25-11-5-12-26-49)40-58(44-60)50-27-13-6-14-28-50/h3-46,62,67H,1-2H3. The van der Waals surface area contributed by atoms with Gasteiger partial charge in [-0.15, -0.1) is 0 Å². The molecule has 1 aliphatic heterocycles. The first kappa shape index (κ1) is 45.1. The Morgan fingerprint density at radius 2 is 0.724 bits per heavy atom. The predicted molar refractivity (Wildman–Crippen MR) is 314 cm³/mol. The highest BCUT2D eigenvalue weighted by molar-refractivity contribution is 5.88. The molecule has 4 nitrogen and oxygen atoms in total. The van der Waals surface area contributed by atoms with E-state index in [1.807, 2.05) is 0 Å². The van der Waals surface area contributed by atoms with Gasteiger partial charge in [-0.05, 0) is 155 Å². The van der Waals surface area contributed by atoms with Crippen LogP contribution in [0.3, 0.4) is 0 Å². The van der Waals surface area contributed by atoms with Crippen molar-refractivity contribution >= 4 is 11.6 Å². The summed E-state index contributed by atoms with van der Waals surface area (Å²) < 4.78 is 0. The fourth-order valence-corrected chi connectivity index (χ4v) is 11.9. The Balaban J connectivity index is 0.948. The summed E-state index contributed by atoms with van der Waals surface area (Å²) in [6.45, 7) is 4.71. The molecule has 0 N–H and O–H groups in total. The number of fused-ring (bicyclic) bond motifs is 6. The number of hydrogen-bond donors (Lipinski definition) is 0. The van der Waals surface area contributed by atoms with Gasteiger partial charge < -0.3 is 4.90 Å². The second kappa shape index (κ2) is 18.5. The van der Waals surface area contributed by atoms with Gasteiger partial charge in [0.05, 0.1) is 6.04 Å². The quantitative estimate of drug-likeness (QED) is 0.145. The van der Waals surface area contributed by atoms with Crippen LogP contribution in [0, 0.1) is 0 Å². The highest BCUT2D eigenvalue weighted by atomic mass is 15.3. The Bertz CT molecular complexity index is 3780. The van der Waals surface area contributed by atoms with Crippen molar-refractivity contribution in [2.75, 3.05) is 4.90 Å². The molecular formula is C72H52N4. The number of aromatic nitrogens is 3. The first-order valence-corrected chi connectivity index (χ1v) is 26.3. The van der Waals surface area contributed by atoms with Crippen LogP contribution >= 0.6 is 0 Å². The number of anilines is 2. The average molecular weight is 973 g/mol. The molecule has 10 aromatic carbocycles. The van der Waals surface area contributed by atoms with Crippen molar-refractivity contribution in [1.29, 1.82) is 0 Å². The fourth-order valence-electron chi connectivity index (χ4n) is 11.9. The molecule has 360 valence electrons. The summed E-state index contributed by atoms with van der Waals surface area (Å²) in [4.78, 5) is 18.9. The lowest BCUT2D eigenvalue weighted by molar-refractivity contribution is 0.660. The molecule has 2 heterocycles. The van der Waals surface area contributed by atoms with Gasteiger partial charge in [-0.25, -0.2) is 4.98 Å². The van der Waals surface area contributed by atoms with Gasteiger partial charge >= 0.3 is 0 Å². The molecular weight excluding hydrogens is 921 g/mol. The van der Waals surface area contributed by atoms with E-state index in [2.05, 4.69) is 286 Å². The topological polar surface area (TPSA) is 41.9 Å². The number of rotatable bonds is 9. The van der Waals surface area contributed by atoms with Crippen LogP contribution in [0.25, 0.3) is 101 Å². The molecule has 2 atom stereocenters. The molecule has 0 spiro atoms. The van der Waals surface area contributed by atoms with Gasteiger partial charge in [-0.3, -0.25) is 0 Å². The van der Waals surface area contributed by atoms with Gasteiger partial charge in [0.1, 0.15) is 0 Å². The molecule has 0 fully saturated rings. The Labute approximate surface area is 444 Å². The molecule has 0 radical (unpaired) electrons. The third-order valence-corrected chi connectivity index (χ3v) is 15.8. The third-order valence-electron chi connectivity index (χ3n) is 15.8. The van der Waals surface area contributed by atoms with Gasteiger partial charge in [0.15, 0.2) is 11.6 Å². The largest absolute Gasteiger partial charge is 0.302 e. The summed E-state index contributed by atoms with van der Waals surface area (Å²) in [5, 5.41) is 0. The van der Waals surface area contributed by atoms with Crippen molar-refractivity contribution in [2.45, 2.75) is 31.2 Å². The number of benzene rings is 10.